The van der Waals surface area contributed by atoms with E-state index in [-0.39, 0.29) is 28.9 Å². The molecular weight excluding hydrogens is 395 g/mol. The molecule has 1 aromatic heterocycles. The van der Waals surface area contributed by atoms with E-state index in [4.69, 9.17) is 4.42 Å². The average Bonchev–Trinajstić information content (AvgIpc) is 3.39. The number of carbonyl (C=O) groups is 1. The average molecular weight is 414 g/mol. The molecule has 0 bridgehead atoms. The summed E-state index contributed by atoms with van der Waals surface area (Å²) in [7, 11) is -3.63. The summed E-state index contributed by atoms with van der Waals surface area (Å²) in [6, 6.07) is 15.3. The summed E-state index contributed by atoms with van der Waals surface area (Å²) in [5.74, 6) is 0.350. The fourth-order valence-corrected chi connectivity index (χ4v) is 4.16. The predicted molar refractivity (Wildman–Crippen MR) is 105 cm³/mol. The molecule has 0 radical (unpaired) electrons. The highest BCUT2D eigenvalue weighted by molar-refractivity contribution is 7.89. The van der Waals surface area contributed by atoms with Crippen molar-refractivity contribution in [2.75, 3.05) is 0 Å². The minimum atomic E-state index is -3.63. The van der Waals surface area contributed by atoms with Crippen molar-refractivity contribution in [1.29, 1.82) is 0 Å². The van der Waals surface area contributed by atoms with Gasteiger partial charge in [0.15, 0.2) is 0 Å². The fraction of sp³-hybridized carbons (Fsp3) is 0.190. The van der Waals surface area contributed by atoms with Gasteiger partial charge in [-0.25, -0.2) is 17.5 Å². The van der Waals surface area contributed by atoms with Crippen LogP contribution >= 0.6 is 0 Å². The summed E-state index contributed by atoms with van der Waals surface area (Å²) in [5, 5.41) is 2.71. The van der Waals surface area contributed by atoms with E-state index in [9.17, 15) is 17.6 Å². The maximum Gasteiger partial charge on any atom is 0.251 e. The van der Waals surface area contributed by atoms with Gasteiger partial charge >= 0.3 is 0 Å². The molecule has 8 heteroatoms. The Morgan fingerprint density at radius 3 is 2.55 bits per heavy atom. The van der Waals surface area contributed by atoms with Gasteiger partial charge < -0.3 is 9.73 Å². The van der Waals surface area contributed by atoms with Gasteiger partial charge in [0.2, 0.25) is 10.0 Å². The topological polar surface area (TPSA) is 88.4 Å². The molecule has 4 rings (SSSR count). The van der Waals surface area contributed by atoms with E-state index in [1.165, 1.54) is 30.3 Å². The van der Waals surface area contributed by atoms with Crippen molar-refractivity contribution in [1.82, 2.24) is 10.0 Å². The Morgan fingerprint density at radius 2 is 1.83 bits per heavy atom. The highest BCUT2D eigenvalue weighted by Gasteiger charge is 2.28. The molecule has 0 spiro atoms. The molecule has 1 amide bonds. The molecular formula is C21H19FN2O4S. The van der Waals surface area contributed by atoms with Crippen LogP contribution in [0.1, 0.15) is 29.0 Å². The summed E-state index contributed by atoms with van der Waals surface area (Å²) >= 11 is 0. The first-order chi connectivity index (χ1) is 13.9. The summed E-state index contributed by atoms with van der Waals surface area (Å²) in [5.41, 5.74) is 0.971. The molecule has 1 saturated carbocycles. The molecule has 3 aromatic rings. The largest absolute Gasteiger partial charge is 0.459 e. The molecule has 150 valence electrons. The van der Waals surface area contributed by atoms with E-state index < -0.39 is 15.9 Å². The van der Waals surface area contributed by atoms with Gasteiger partial charge in [-0.3, -0.25) is 4.79 Å². The molecule has 29 heavy (non-hydrogen) atoms. The van der Waals surface area contributed by atoms with Crippen molar-refractivity contribution in [3.05, 3.63) is 77.8 Å². The third-order valence-corrected chi connectivity index (χ3v) is 6.04. The molecule has 0 aliphatic heterocycles. The number of carbonyl (C=O) groups excluding carboxylic acids is 1. The van der Waals surface area contributed by atoms with Crippen molar-refractivity contribution < 1.29 is 22.0 Å². The third-order valence-electron chi connectivity index (χ3n) is 4.52. The number of halogens is 1. The summed E-state index contributed by atoms with van der Waals surface area (Å²) in [6.07, 6.45) is 1.67. The molecule has 1 heterocycles. The molecule has 0 unspecified atom stereocenters. The molecule has 0 saturated heterocycles. The van der Waals surface area contributed by atoms with Crippen LogP contribution in [0.3, 0.4) is 0 Å². The van der Waals surface area contributed by atoms with E-state index in [0.29, 0.717) is 11.5 Å². The predicted octanol–water partition coefficient (Wildman–Crippen LogP) is 3.46. The number of rotatable bonds is 7. The van der Waals surface area contributed by atoms with Crippen molar-refractivity contribution in [2.24, 2.45) is 0 Å². The zero-order valence-corrected chi connectivity index (χ0v) is 16.2. The zero-order chi connectivity index (χ0) is 20.4. The van der Waals surface area contributed by atoms with E-state index in [1.54, 1.807) is 30.3 Å². The first kappa shape index (κ1) is 19.4. The quantitative estimate of drug-likeness (QED) is 0.620. The van der Waals surface area contributed by atoms with Gasteiger partial charge in [0.1, 0.15) is 17.3 Å². The number of amides is 1. The lowest BCUT2D eigenvalue weighted by atomic mass is 10.2. The third kappa shape index (κ3) is 4.72. The second-order valence-corrected chi connectivity index (χ2v) is 8.59. The second-order valence-electron chi connectivity index (χ2n) is 6.88. The molecule has 2 aromatic carbocycles. The number of benzene rings is 2. The Hall–Kier alpha value is -2.97. The number of hydrogen-bond acceptors (Lipinski definition) is 4. The number of sulfonamides is 1. The Labute approximate surface area is 167 Å². The Kier molecular flexibility index (Phi) is 5.21. The van der Waals surface area contributed by atoms with Crippen LogP contribution in [-0.2, 0) is 16.6 Å². The van der Waals surface area contributed by atoms with Gasteiger partial charge in [-0.2, -0.15) is 0 Å². The van der Waals surface area contributed by atoms with Gasteiger partial charge in [0.25, 0.3) is 5.91 Å². The number of nitrogens with one attached hydrogen (secondary N) is 2. The van der Waals surface area contributed by atoms with Crippen LogP contribution in [0.4, 0.5) is 4.39 Å². The van der Waals surface area contributed by atoms with Crippen LogP contribution in [0.25, 0.3) is 11.3 Å². The Morgan fingerprint density at radius 1 is 1.07 bits per heavy atom. The van der Waals surface area contributed by atoms with Crippen LogP contribution in [0.15, 0.2) is 70.0 Å². The normalized spacial score (nSPS) is 14.0. The lowest BCUT2D eigenvalue weighted by Crippen LogP contribution is -2.27. The first-order valence-corrected chi connectivity index (χ1v) is 10.6. The van der Waals surface area contributed by atoms with Crippen LogP contribution in [-0.4, -0.2) is 20.4 Å². The minimum Gasteiger partial charge on any atom is -0.459 e. The number of furan rings is 1. The Balaban J connectivity index is 1.41. The lowest BCUT2D eigenvalue weighted by molar-refractivity contribution is 0.0948. The van der Waals surface area contributed by atoms with Gasteiger partial charge in [-0.1, -0.05) is 6.07 Å². The lowest BCUT2D eigenvalue weighted by Gasteiger charge is -2.08. The van der Waals surface area contributed by atoms with E-state index in [1.807, 2.05) is 0 Å². The maximum atomic E-state index is 13.0. The maximum absolute atomic E-state index is 13.0. The van der Waals surface area contributed by atoms with Crippen LogP contribution in [0.2, 0.25) is 0 Å². The standard InChI is InChI=1S/C21H19FN2O4S/c22-16-6-4-14(5-7-16)20-11-10-18(28-20)13-23-21(25)15-2-1-3-19(12-15)29(26,27)24-17-8-9-17/h1-7,10-12,17,24H,8-9,13H2,(H,23,25). The highest BCUT2D eigenvalue weighted by atomic mass is 32.2. The first-order valence-electron chi connectivity index (χ1n) is 9.16. The SMILES string of the molecule is O=C(NCc1ccc(-c2ccc(F)cc2)o1)c1cccc(S(=O)(=O)NC2CC2)c1. The smallest absolute Gasteiger partial charge is 0.251 e. The van der Waals surface area contributed by atoms with Crippen LogP contribution in [0.5, 0.6) is 0 Å². The molecule has 1 fully saturated rings. The van der Waals surface area contributed by atoms with Crippen molar-refractivity contribution in [2.45, 2.75) is 30.3 Å². The highest BCUT2D eigenvalue weighted by Crippen LogP contribution is 2.23. The van der Waals surface area contributed by atoms with Crippen LogP contribution in [0, 0.1) is 5.82 Å². The molecule has 2 N–H and O–H groups in total. The number of hydrogen-bond donors (Lipinski definition) is 2. The zero-order valence-electron chi connectivity index (χ0n) is 15.4. The molecule has 1 aliphatic carbocycles. The van der Waals surface area contributed by atoms with Gasteiger partial charge in [0.05, 0.1) is 11.4 Å². The second kappa shape index (κ2) is 7.81. The summed E-state index contributed by atoms with van der Waals surface area (Å²) < 4.78 is 45.9. The van der Waals surface area contributed by atoms with E-state index in [2.05, 4.69) is 10.0 Å². The van der Waals surface area contributed by atoms with Crippen molar-refractivity contribution in [3.8, 4) is 11.3 Å². The summed E-state index contributed by atoms with van der Waals surface area (Å²) in [4.78, 5) is 12.5. The van der Waals surface area contributed by atoms with Crippen molar-refractivity contribution >= 4 is 15.9 Å². The van der Waals surface area contributed by atoms with Crippen molar-refractivity contribution in [3.63, 3.8) is 0 Å². The van der Waals surface area contributed by atoms with E-state index >= 15 is 0 Å². The van der Waals surface area contributed by atoms with Crippen LogP contribution < -0.4 is 10.0 Å². The van der Waals surface area contributed by atoms with Gasteiger partial charge in [-0.05, 0) is 67.4 Å². The van der Waals surface area contributed by atoms with Gasteiger partial charge in [0, 0.05) is 17.2 Å². The fourth-order valence-electron chi connectivity index (χ4n) is 2.80. The Bertz CT molecular complexity index is 1140. The summed E-state index contributed by atoms with van der Waals surface area (Å²) in [6.45, 7) is 0.136. The van der Waals surface area contributed by atoms with Gasteiger partial charge in [-0.15, -0.1) is 0 Å². The van der Waals surface area contributed by atoms with E-state index in [0.717, 1.165) is 18.4 Å². The monoisotopic (exact) mass is 414 g/mol. The minimum absolute atomic E-state index is 0.00765. The molecule has 0 atom stereocenters. The molecule has 6 nitrogen and oxygen atoms in total. The molecule has 1 aliphatic rings.